The molecule has 0 atom stereocenters. The van der Waals surface area contributed by atoms with Crippen LogP contribution in [-0.2, 0) is 11.2 Å². The van der Waals surface area contributed by atoms with Gasteiger partial charge >= 0.3 is 0 Å². The molecule has 0 bridgehead atoms. The second-order valence-electron chi connectivity index (χ2n) is 6.27. The zero-order valence-corrected chi connectivity index (χ0v) is 16.5. The van der Waals surface area contributed by atoms with Crippen molar-refractivity contribution in [2.75, 3.05) is 46.8 Å². The van der Waals surface area contributed by atoms with E-state index in [4.69, 9.17) is 14.2 Å². The van der Waals surface area contributed by atoms with Crippen LogP contribution in [0.25, 0.3) is 0 Å². The number of rotatable bonds is 10. The highest BCUT2D eigenvalue weighted by molar-refractivity contribution is 5.90. The van der Waals surface area contributed by atoms with Gasteiger partial charge in [-0.15, -0.1) is 0 Å². The summed E-state index contributed by atoms with van der Waals surface area (Å²) in [6, 6.07) is 13.2. The standard InChI is InChI=1S/C21H28N2O4/c1-23(13-11-16-5-10-19(26-3)20(15-16)27-4)14-12-21(24)22-17-6-8-18(25-2)9-7-17/h5-10,15H,11-14H2,1-4H3,(H,22,24). The average Bonchev–Trinajstić information content (AvgIpc) is 2.71. The van der Waals surface area contributed by atoms with Gasteiger partial charge in [-0.25, -0.2) is 0 Å². The molecule has 0 unspecified atom stereocenters. The smallest absolute Gasteiger partial charge is 0.225 e. The van der Waals surface area contributed by atoms with E-state index < -0.39 is 0 Å². The largest absolute Gasteiger partial charge is 0.497 e. The molecule has 0 spiro atoms. The number of hydrogen-bond acceptors (Lipinski definition) is 5. The molecule has 0 fully saturated rings. The molecule has 6 heteroatoms. The number of nitrogens with zero attached hydrogens (tertiary/aromatic N) is 1. The lowest BCUT2D eigenvalue weighted by molar-refractivity contribution is -0.116. The summed E-state index contributed by atoms with van der Waals surface area (Å²) in [5.41, 5.74) is 1.94. The van der Waals surface area contributed by atoms with Crippen LogP contribution in [0.5, 0.6) is 17.2 Å². The average molecular weight is 372 g/mol. The van der Waals surface area contributed by atoms with Crippen LogP contribution in [0.15, 0.2) is 42.5 Å². The Balaban J connectivity index is 1.75. The van der Waals surface area contributed by atoms with E-state index in [0.29, 0.717) is 13.0 Å². The SMILES string of the molecule is COc1ccc(NC(=O)CCN(C)CCc2ccc(OC)c(OC)c2)cc1. The van der Waals surface area contributed by atoms with Crippen molar-refractivity contribution >= 4 is 11.6 Å². The Morgan fingerprint density at radius 1 is 0.926 bits per heavy atom. The van der Waals surface area contributed by atoms with E-state index in [1.165, 1.54) is 5.56 Å². The lowest BCUT2D eigenvalue weighted by atomic mass is 10.1. The molecule has 0 heterocycles. The second-order valence-corrected chi connectivity index (χ2v) is 6.27. The van der Waals surface area contributed by atoms with E-state index in [2.05, 4.69) is 10.2 Å². The molecule has 0 saturated heterocycles. The van der Waals surface area contributed by atoms with Crippen molar-refractivity contribution in [3.63, 3.8) is 0 Å². The van der Waals surface area contributed by atoms with Gasteiger partial charge in [-0.2, -0.15) is 0 Å². The molecule has 2 aromatic carbocycles. The third-order valence-electron chi connectivity index (χ3n) is 4.32. The molecule has 1 N–H and O–H groups in total. The van der Waals surface area contributed by atoms with Crippen LogP contribution >= 0.6 is 0 Å². The van der Waals surface area contributed by atoms with Crippen LogP contribution in [0.4, 0.5) is 5.69 Å². The molecular weight excluding hydrogens is 344 g/mol. The van der Waals surface area contributed by atoms with Crippen molar-refractivity contribution in [3.8, 4) is 17.2 Å². The molecule has 0 aromatic heterocycles. The Hall–Kier alpha value is -2.73. The Kier molecular flexibility index (Phi) is 7.95. The number of hydrogen-bond donors (Lipinski definition) is 1. The lowest BCUT2D eigenvalue weighted by Crippen LogP contribution is -2.26. The first-order valence-corrected chi connectivity index (χ1v) is 8.89. The van der Waals surface area contributed by atoms with Gasteiger partial charge in [0.1, 0.15) is 5.75 Å². The van der Waals surface area contributed by atoms with Gasteiger partial charge in [-0.3, -0.25) is 4.79 Å². The topological polar surface area (TPSA) is 60.0 Å². The number of carbonyl (C=O) groups is 1. The predicted octanol–water partition coefficient (Wildman–Crippen LogP) is 3.22. The summed E-state index contributed by atoms with van der Waals surface area (Å²) in [6.45, 7) is 1.54. The van der Waals surface area contributed by atoms with Gasteiger partial charge < -0.3 is 24.4 Å². The highest BCUT2D eigenvalue weighted by atomic mass is 16.5. The number of likely N-dealkylation sites (N-methyl/N-ethyl adjacent to an activating group) is 1. The summed E-state index contributed by atoms with van der Waals surface area (Å²) in [7, 11) is 6.89. The predicted molar refractivity (Wildman–Crippen MR) is 107 cm³/mol. The van der Waals surface area contributed by atoms with Gasteiger partial charge in [0.05, 0.1) is 21.3 Å². The summed E-state index contributed by atoms with van der Waals surface area (Å²) in [4.78, 5) is 14.2. The minimum atomic E-state index is -0.00173. The van der Waals surface area contributed by atoms with Crippen LogP contribution < -0.4 is 19.5 Å². The van der Waals surface area contributed by atoms with Crippen molar-refractivity contribution in [3.05, 3.63) is 48.0 Å². The molecule has 2 rings (SSSR count). The van der Waals surface area contributed by atoms with E-state index in [1.54, 1.807) is 21.3 Å². The molecule has 0 aliphatic heterocycles. The Morgan fingerprint density at radius 3 is 2.26 bits per heavy atom. The summed E-state index contributed by atoms with van der Waals surface area (Å²) >= 11 is 0. The van der Waals surface area contributed by atoms with Crippen LogP contribution in [0.2, 0.25) is 0 Å². The van der Waals surface area contributed by atoms with Gasteiger partial charge in [-0.1, -0.05) is 6.07 Å². The number of amides is 1. The molecular formula is C21H28N2O4. The van der Waals surface area contributed by atoms with Crippen molar-refractivity contribution in [1.82, 2.24) is 4.90 Å². The molecule has 1 amide bonds. The summed E-state index contributed by atoms with van der Waals surface area (Å²) in [6.07, 6.45) is 1.31. The van der Waals surface area contributed by atoms with Gasteiger partial charge in [0.25, 0.3) is 0 Å². The Morgan fingerprint density at radius 2 is 1.63 bits per heavy atom. The zero-order valence-electron chi connectivity index (χ0n) is 16.5. The summed E-state index contributed by atoms with van der Waals surface area (Å²) < 4.78 is 15.7. The molecule has 0 aliphatic carbocycles. The van der Waals surface area contributed by atoms with E-state index in [1.807, 2.05) is 49.5 Å². The molecule has 0 radical (unpaired) electrons. The monoisotopic (exact) mass is 372 g/mol. The third kappa shape index (κ3) is 6.49. The van der Waals surface area contributed by atoms with Gasteiger partial charge in [0.2, 0.25) is 5.91 Å². The fraction of sp³-hybridized carbons (Fsp3) is 0.381. The van der Waals surface area contributed by atoms with Crippen LogP contribution in [0, 0.1) is 0 Å². The third-order valence-corrected chi connectivity index (χ3v) is 4.32. The number of benzene rings is 2. The van der Waals surface area contributed by atoms with E-state index in [9.17, 15) is 4.79 Å². The van der Waals surface area contributed by atoms with E-state index in [0.717, 1.165) is 35.9 Å². The van der Waals surface area contributed by atoms with Crippen molar-refractivity contribution < 1.29 is 19.0 Å². The maximum atomic E-state index is 12.1. The van der Waals surface area contributed by atoms with Crippen molar-refractivity contribution in [2.24, 2.45) is 0 Å². The first-order chi connectivity index (χ1) is 13.0. The Bertz CT molecular complexity index is 731. The fourth-order valence-corrected chi connectivity index (χ4v) is 2.66. The maximum Gasteiger partial charge on any atom is 0.225 e. The van der Waals surface area contributed by atoms with E-state index in [-0.39, 0.29) is 5.91 Å². The van der Waals surface area contributed by atoms with Gasteiger partial charge in [0, 0.05) is 25.2 Å². The number of methoxy groups -OCH3 is 3. The minimum absolute atomic E-state index is 0.00173. The lowest BCUT2D eigenvalue weighted by Gasteiger charge is -2.17. The van der Waals surface area contributed by atoms with Crippen molar-refractivity contribution in [2.45, 2.75) is 12.8 Å². The normalized spacial score (nSPS) is 10.6. The zero-order chi connectivity index (χ0) is 19.6. The molecule has 6 nitrogen and oxygen atoms in total. The number of nitrogens with one attached hydrogen (secondary N) is 1. The second kappa shape index (κ2) is 10.4. The highest BCUT2D eigenvalue weighted by Gasteiger charge is 2.08. The maximum absolute atomic E-state index is 12.1. The number of carbonyl (C=O) groups excluding carboxylic acids is 1. The van der Waals surface area contributed by atoms with Gasteiger partial charge in [0.15, 0.2) is 11.5 Å². The van der Waals surface area contributed by atoms with Gasteiger partial charge in [-0.05, 0) is 55.4 Å². The van der Waals surface area contributed by atoms with Crippen molar-refractivity contribution in [1.29, 1.82) is 0 Å². The first kappa shape index (κ1) is 20.6. The van der Waals surface area contributed by atoms with Crippen LogP contribution in [0.3, 0.4) is 0 Å². The summed E-state index contributed by atoms with van der Waals surface area (Å²) in [5.74, 6) is 2.22. The highest BCUT2D eigenvalue weighted by Crippen LogP contribution is 2.27. The molecule has 0 aliphatic rings. The summed E-state index contributed by atoms with van der Waals surface area (Å²) in [5, 5.41) is 2.90. The molecule has 27 heavy (non-hydrogen) atoms. The minimum Gasteiger partial charge on any atom is -0.497 e. The fourth-order valence-electron chi connectivity index (χ4n) is 2.66. The van der Waals surface area contributed by atoms with E-state index >= 15 is 0 Å². The first-order valence-electron chi connectivity index (χ1n) is 8.89. The number of anilines is 1. The quantitative estimate of drug-likeness (QED) is 0.694. The van der Waals surface area contributed by atoms with Crippen LogP contribution in [-0.4, -0.2) is 52.3 Å². The number of ether oxygens (including phenoxy) is 3. The van der Waals surface area contributed by atoms with Crippen LogP contribution in [0.1, 0.15) is 12.0 Å². The molecule has 146 valence electrons. The molecule has 0 saturated carbocycles. The Labute approximate surface area is 161 Å². The molecule has 2 aromatic rings.